The zero-order chi connectivity index (χ0) is 11.4. The fourth-order valence-corrected chi connectivity index (χ4v) is 2.24. The zero-order valence-corrected chi connectivity index (χ0v) is 9.71. The van der Waals surface area contributed by atoms with E-state index in [2.05, 4.69) is 34.1 Å². The summed E-state index contributed by atoms with van der Waals surface area (Å²) in [6, 6.07) is 5.64. The lowest BCUT2D eigenvalue weighted by molar-refractivity contribution is 1.10. The van der Waals surface area contributed by atoms with Crippen molar-refractivity contribution in [3.8, 4) is 6.07 Å². The summed E-state index contributed by atoms with van der Waals surface area (Å²) < 4.78 is 0. The van der Waals surface area contributed by atoms with E-state index in [1.165, 1.54) is 11.1 Å². The molecule has 2 heterocycles. The van der Waals surface area contributed by atoms with Crippen molar-refractivity contribution in [1.82, 2.24) is 4.98 Å². The van der Waals surface area contributed by atoms with Gasteiger partial charge in [0.2, 0.25) is 0 Å². The summed E-state index contributed by atoms with van der Waals surface area (Å²) in [6.45, 7) is 2.79. The Bertz CT molecular complexity index is 525. The third-order valence-electron chi connectivity index (χ3n) is 2.34. The van der Waals surface area contributed by atoms with Gasteiger partial charge < -0.3 is 5.32 Å². The Kier molecular flexibility index (Phi) is 3.18. The lowest BCUT2D eigenvalue weighted by Gasteiger charge is -2.06. The average molecular weight is 229 g/mol. The second kappa shape index (κ2) is 4.77. The van der Waals surface area contributed by atoms with Crippen molar-refractivity contribution < 1.29 is 0 Å². The number of nitrogens with one attached hydrogen (secondary N) is 1. The first-order chi connectivity index (χ1) is 7.81. The highest BCUT2D eigenvalue weighted by molar-refractivity contribution is 7.08. The lowest BCUT2D eigenvalue weighted by atomic mass is 10.2. The van der Waals surface area contributed by atoms with Crippen LogP contribution in [0, 0.1) is 18.3 Å². The van der Waals surface area contributed by atoms with Gasteiger partial charge >= 0.3 is 0 Å². The number of hydrogen-bond acceptors (Lipinski definition) is 4. The molecule has 3 nitrogen and oxygen atoms in total. The van der Waals surface area contributed by atoms with Crippen molar-refractivity contribution in [2.24, 2.45) is 0 Å². The molecule has 0 aliphatic rings. The van der Waals surface area contributed by atoms with Crippen LogP contribution < -0.4 is 5.32 Å². The molecule has 0 saturated heterocycles. The summed E-state index contributed by atoms with van der Waals surface area (Å²) in [4.78, 5) is 4.15. The monoisotopic (exact) mass is 229 g/mol. The van der Waals surface area contributed by atoms with E-state index in [9.17, 15) is 0 Å². The molecular weight excluding hydrogens is 218 g/mol. The molecule has 0 aromatic carbocycles. The Morgan fingerprint density at radius 1 is 1.50 bits per heavy atom. The smallest absolute Gasteiger partial charge is 0.144 e. The number of nitrogens with zero attached hydrogens (tertiary/aromatic N) is 2. The van der Waals surface area contributed by atoms with Crippen LogP contribution in [0.25, 0.3) is 0 Å². The molecule has 0 amide bonds. The van der Waals surface area contributed by atoms with Gasteiger partial charge in [0.1, 0.15) is 11.9 Å². The Balaban J connectivity index is 2.11. The molecule has 0 bridgehead atoms. The van der Waals surface area contributed by atoms with Gasteiger partial charge in [-0.25, -0.2) is 4.98 Å². The number of thiophene rings is 1. The second-order valence-electron chi connectivity index (χ2n) is 3.44. The first kappa shape index (κ1) is 10.7. The van der Waals surface area contributed by atoms with E-state index in [1.54, 1.807) is 29.7 Å². The first-order valence-electron chi connectivity index (χ1n) is 4.92. The van der Waals surface area contributed by atoms with E-state index in [-0.39, 0.29) is 0 Å². The van der Waals surface area contributed by atoms with Crippen LogP contribution in [0.15, 0.2) is 29.1 Å². The summed E-state index contributed by atoms with van der Waals surface area (Å²) in [5, 5.41) is 16.3. The number of pyridine rings is 1. The molecule has 80 valence electrons. The average Bonchev–Trinajstić information content (AvgIpc) is 2.72. The minimum Gasteiger partial charge on any atom is -0.365 e. The summed E-state index contributed by atoms with van der Waals surface area (Å²) in [5.74, 6) is 0.649. The van der Waals surface area contributed by atoms with Gasteiger partial charge in [0.25, 0.3) is 0 Å². The number of anilines is 1. The molecule has 0 aliphatic heterocycles. The summed E-state index contributed by atoms with van der Waals surface area (Å²) >= 11 is 1.69. The van der Waals surface area contributed by atoms with Crippen molar-refractivity contribution in [3.63, 3.8) is 0 Å². The van der Waals surface area contributed by atoms with Crippen LogP contribution >= 0.6 is 11.3 Å². The van der Waals surface area contributed by atoms with Gasteiger partial charge in [-0.3, -0.25) is 0 Å². The fourth-order valence-electron chi connectivity index (χ4n) is 1.38. The number of rotatable bonds is 3. The molecule has 0 spiro atoms. The van der Waals surface area contributed by atoms with Crippen molar-refractivity contribution in [3.05, 3.63) is 45.8 Å². The van der Waals surface area contributed by atoms with Crippen molar-refractivity contribution in [1.29, 1.82) is 5.26 Å². The van der Waals surface area contributed by atoms with E-state index in [1.807, 2.05) is 0 Å². The van der Waals surface area contributed by atoms with E-state index in [0.29, 0.717) is 17.9 Å². The molecule has 2 rings (SSSR count). The number of nitriles is 1. The quantitative estimate of drug-likeness (QED) is 0.880. The topological polar surface area (TPSA) is 48.7 Å². The number of hydrogen-bond donors (Lipinski definition) is 1. The standard InChI is InChI=1S/C12H11N3S/c1-9-7-16-8-11(9)6-15-12-10(5-13)3-2-4-14-12/h2-4,7-8H,6H2,1H3,(H,14,15). The van der Waals surface area contributed by atoms with E-state index in [0.717, 1.165) is 0 Å². The maximum absolute atomic E-state index is 8.90. The van der Waals surface area contributed by atoms with Crippen LogP contribution in [0.3, 0.4) is 0 Å². The molecule has 0 fully saturated rings. The third kappa shape index (κ3) is 2.20. The molecule has 1 N–H and O–H groups in total. The minimum atomic E-state index is 0.579. The lowest BCUT2D eigenvalue weighted by Crippen LogP contribution is -2.03. The fraction of sp³-hybridized carbons (Fsp3) is 0.167. The predicted molar refractivity (Wildman–Crippen MR) is 65.3 cm³/mol. The van der Waals surface area contributed by atoms with E-state index >= 15 is 0 Å². The minimum absolute atomic E-state index is 0.579. The van der Waals surface area contributed by atoms with Gasteiger partial charge in [-0.15, -0.1) is 0 Å². The van der Waals surface area contributed by atoms with Crippen LogP contribution in [-0.4, -0.2) is 4.98 Å². The largest absolute Gasteiger partial charge is 0.365 e. The van der Waals surface area contributed by atoms with E-state index < -0.39 is 0 Å². The normalized spacial score (nSPS) is 9.75. The Hall–Kier alpha value is -1.86. The zero-order valence-electron chi connectivity index (χ0n) is 8.90. The second-order valence-corrected chi connectivity index (χ2v) is 4.19. The van der Waals surface area contributed by atoms with Crippen LogP contribution in [0.2, 0.25) is 0 Å². The van der Waals surface area contributed by atoms with Gasteiger partial charge in [-0.1, -0.05) is 0 Å². The molecule has 2 aromatic heterocycles. The Morgan fingerprint density at radius 3 is 3.06 bits per heavy atom. The van der Waals surface area contributed by atoms with Crippen LogP contribution in [0.1, 0.15) is 16.7 Å². The molecule has 2 aromatic rings. The van der Waals surface area contributed by atoms with Gasteiger partial charge in [-0.05, 0) is 40.9 Å². The van der Waals surface area contributed by atoms with Crippen LogP contribution in [0.4, 0.5) is 5.82 Å². The molecule has 16 heavy (non-hydrogen) atoms. The highest BCUT2D eigenvalue weighted by Crippen LogP contribution is 2.16. The van der Waals surface area contributed by atoms with Crippen molar-refractivity contribution >= 4 is 17.2 Å². The predicted octanol–water partition coefficient (Wildman–Crippen LogP) is 2.94. The Morgan fingerprint density at radius 2 is 2.38 bits per heavy atom. The molecule has 0 aliphatic carbocycles. The first-order valence-corrected chi connectivity index (χ1v) is 5.86. The summed E-state index contributed by atoms with van der Waals surface area (Å²) in [6.07, 6.45) is 1.68. The number of aryl methyl sites for hydroxylation is 1. The van der Waals surface area contributed by atoms with E-state index in [4.69, 9.17) is 5.26 Å². The van der Waals surface area contributed by atoms with Crippen LogP contribution in [0.5, 0.6) is 0 Å². The van der Waals surface area contributed by atoms with Gasteiger partial charge in [-0.2, -0.15) is 16.6 Å². The maximum Gasteiger partial charge on any atom is 0.144 e. The molecule has 0 atom stereocenters. The molecular formula is C12H11N3S. The number of aromatic nitrogens is 1. The summed E-state index contributed by atoms with van der Waals surface area (Å²) in [5.41, 5.74) is 3.10. The Labute approximate surface area is 98.4 Å². The summed E-state index contributed by atoms with van der Waals surface area (Å²) in [7, 11) is 0. The van der Waals surface area contributed by atoms with Crippen LogP contribution in [-0.2, 0) is 6.54 Å². The molecule has 4 heteroatoms. The molecule has 0 unspecified atom stereocenters. The molecule has 0 saturated carbocycles. The van der Waals surface area contributed by atoms with Gasteiger partial charge in [0.05, 0.1) is 5.56 Å². The highest BCUT2D eigenvalue weighted by atomic mass is 32.1. The van der Waals surface area contributed by atoms with Gasteiger partial charge in [0, 0.05) is 12.7 Å². The highest BCUT2D eigenvalue weighted by Gasteiger charge is 2.03. The molecule has 0 radical (unpaired) electrons. The third-order valence-corrected chi connectivity index (χ3v) is 3.25. The van der Waals surface area contributed by atoms with Gasteiger partial charge in [0.15, 0.2) is 0 Å². The van der Waals surface area contributed by atoms with Crippen molar-refractivity contribution in [2.75, 3.05) is 5.32 Å². The SMILES string of the molecule is Cc1cscc1CNc1ncccc1C#N. The van der Waals surface area contributed by atoms with Crippen molar-refractivity contribution in [2.45, 2.75) is 13.5 Å². The maximum atomic E-state index is 8.90.